The minimum absolute atomic E-state index is 0.181. The largest absolute Gasteiger partial charge is 0.326 e. The first-order chi connectivity index (χ1) is 13.8. The maximum absolute atomic E-state index is 13.4. The van der Waals surface area contributed by atoms with Gasteiger partial charge in [0.25, 0.3) is 0 Å². The van der Waals surface area contributed by atoms with Crippen molar-refractivity contribution in [1.82, 2.24) is 9.21 Å². The molecule has 1 amide bonds. The maximum atomic E-state index is 13.4. The third kappa shape index (κ3) is 5.34. The number of piperazine rings is 1. The molecule has 156 valence electrons. The molecule has 0 atom stereocenters. The lowest BCUT2D eigenvalue weighted by Gasteiger charge is -2.33. The summed E-state index contributed by atoms with van der Waals surface area (Å²) in [5.74, 6) is -2.93. The molecule has 29 heavy (non-hydrogen) atoms. The average molecular weight is 427 g/mol. The van der Waals surface area contributed by atoms with Crippen molar-refractivity contribution in [3.05, 3.63) is 59.9 Å². The number of anilines is 1. The SMILES string of the molecule is O=C(CCN1CCN(S(=O)(=O)c2ccc(F)c(F)c2)CC1)Nc1ccc(F)cc1. The van der Waals surface area contributed by atoms with Gasteiger partial charge in [0.1, 0.15) is 5.82 Å². The Morgan fingerprint density at radius 2 is 1.59 bits per heavy atom. The van der Waals surface area contributed by atoms with Crippen molar-refractivity contribution >= 4 is 21.6 Å². The molecule has 2 aromatic carbocycles. The van der Waals surface area contributed by atoms with E-state index >= 15 is 0 Å². The van der Waals surface area contributed by atoms with Crippen LogP contribution in [0.2, 0.25) is 0 Å². The van der Waals surface area contributed by atoms with Crippen molar-refractivity contribution in [2.45, 2.75) is 11.3 Å². The summed E-state index contributed by atoms with van der Waals surface area (Å²) in [6, 6.07) is 7.95. The Labute approximate surface area is 167 Å². The van der Waals surface area contributed by atoms with E-state index in [-0.39, 0.29) is 36.1 Å². The summed E-state index contributed by atoms with van der Waals surface area (Å²) >= 11 is 0. The predicted octanol–water partition coefficient (Wildman–Crippen LogP) is 2.44. The van der Waals surface area contributed by atoms with Crippen molar-refractivity contribution in [3.8, 4) is 0 Å². The van der Waals surface area contributed by atoms with Crippen molar-refractivity contribution < 1.29 is 26.4 Å². The summed E-state index contributed by atoms with van der Waals surface area (Å²) in [6.45, 7) is 1.62. The standard InChI is InChI=1S/C19H20F3N3O3S/c20-14-1-3-15(4-2-14)23-19(26)7-8-24-9-11-25(12-10-24)29(27,28)16-5-6-17(21)18(22)13-16/h1-6,13H,7-12H2,(H,23,26). The highest BCUT2D eigenvalue weighted by Gasteiger charge is 2.29. The van der Waals surface area contributed by atoms with Gasteiger partial charge < -0.3 is 10.2 Å². The van der Waals surface area contributed by atoms with Gasteiger partial charge in [0, 0.05) is 44.8 Å². The molecule has 1 saturated heterocycles. The zero-order chi connectivity index (χ0) is 21.0. The Balaban J connectivity index is 1.49. The molecule has 0 unspecified atom stereocenters. The molecule has 0 aliphatic carbocycles. The molecule has 1 N–H and O–H groups in total. The first kappa shape index (κ1) is 21.3. The molecular weight excluding hydrogens is 407 g/mol. The fourth-order valence-electron chi connectivity index (χ4n) is 3.00. The van der Waals surface area contributed by atoms with Crippen LogP contribution in [0, 0.1) is 17.5 Å². The van der Waals surface area contributed by atoms with E-state index in [1.807, 2.05) is 4.90 Å². The number of amides is 1. The van der Waals surface area contributed by atoms with E-state index in [0.717, 1.165) is 12.1 Å². The van der Waals surface area contributed by atoms with Gasteiger partial charge in [-0.2, -0.15) is 4.31 Å². The lowest BCUT2D eigenvalue weighted by molar-refractivity contribution is -0.116. The molecule has 0 radical (unpaired) electrons. The summed E-state index contributed by atoms with van der Waals surface area (Å²) < 4.78 is 65.7. The highest BCUT2D eigenvalue weighted by Crippen LogP contribution is 2.20. The zero-order valence-electron chi connectivity index (χ0n) is 15.4. The molecule has 1 heterocycles. The fraction of sp³-hybridized carbons (Fsp3) is 0.316. The van der Waals surface area contributed by atoms with Crippen LogP contribution in [0.3, 0.4) is 0 Å². The Kier molecular flexibility index (Phi) is 6.56. The molecular formula is C19H20F3N3O3S. The van der Waals surface area contributed by atoms with Crippen molar-refractivity contribution in [2.24, 2.45) is 0 Å². The smallest absolute Gasteiger partial charge is 0.243 e. The number of carbonyl (C=O) groups is 1. The highest BCUT2D eigenvalue weighted by molar-refractivity contribution is 7.89. The van der Waals surface area contributed by atoms with Gasteiger partial charge in [0.15, 0.2) is 11.6 Å². The number of sulfonamides is 1. The summed E-state index contributed by atoms with van der Waals surface area (Å²) in [5, 5.41) is 2.67. The molecule has 1 aliphatic heterocycles. The van der Waals surface area contributed by atoms with Gasteiger partial charge in [0.2, 0.25) is 15.9 Å². The number of benzene rings is 2. The van der Waals surface area contributed by atoms with Gasteiger partial charge in [-0.3, -0.25) is 4.79 Å². The zero-order valence-corrected chi connectivity index (χ0v) is 16.3. The first-order valence-electron chi connectivity index (χ1n) is 8.99. The Morgan fingerprint density at radius 3 is 2.21 bits per heavy atom. The van der Waals surface area contributed by atoms with E-state index in [1.54, 1.807) is 0 Å². The normalized spacial score (nSPS) is 16.0. The lowest BCUT2D eigenvalue weighted by atomic mass is 10.2. The van der Waals surface area contributed by atoms with Crippen LogP contribution in [0.25, 0.3) is 0 Å². The van der Waals surface area contributed by atoms with Crippen molar-refractivity contribution in [1.29, 1.82) is 0 Å². The predicted molar refractivity (Wildman–Crippen MR) is 101 cm³/mol. The molecule has 0 aromatic heterocycles. The highest BCUT2D eigenvalue weighted by atomic mass is 32.2. The Morgan fingerprint density at radius 1 is 0.931 bits per heavy atom. The first-order valence-corrected chi connectivity index (χ1v) is 10.4. The minimum atomic E-state index is -3.91. The number of nitrogens with zero attached hydrogens (tertiary/aromatic N) is 2. The number of nitrogens with one attached hydrogen (secondary N) is 1. The Bertz CT molecular complexity index is 976. The lowest BCUT2D eigenvalue weighted by Crippen LogP contribution is -2.49. The number of hydrogen-bond donors (Lipinski definition) is 1. The molecule has 6 nitrogen and oxygen atoms in total. The Hall–Kier alpha value is -2.43. The second-order valence-corrected chi connectivity index (χ2v) is 8.56. The molecule has 10 heteroatoms. The third-order valence-corrected chi connectivity index (χ3v) is 6.54. The van der Waals surface area contributed by atoms with Crippen LogP contribution >= 0.6 is 0 Å². The summed E-state index contributed by atoms with van der Waals surface area (Å²) in [4.78, 5) is 13.7. The van der Waals surface area contributed by atoms with Crippen LogP contribution in [0.4, 0.5) is 18.9 Å². The number of rotatable bonds is 6. The summed E-state index contributed by atoms with van der Waals surface area (Å²) in [5.41, 5.74) is 0.499. The van der Waals surface area contributed by atoms with Gasteiger partial charge in [-0.1, -0.05) is 0 Å². The maximum Gasteiger partial charge on any atom is 0.243 e. The van der Waals surface area contributed by atoms with E-state index in [2.05, 4.69) is 5.32 Å². The van der Waals surface area contributed by atoms with Crippen LogP contribution in [0.1, 0.15) is 6.42 Å². The molecule has 1 aliphatic rings. The van der Waals surface area contributed by atoms with E-state index in [4.69, 9.17) is 0 Å². The number of halogens is 3. The second kappa shape index (κ2) is 8.93. The number of hydrogen-bond acceptors (Lipinski definition) is 4. The van der Waals surface area contributed by atoms with Crippen LogP contribution in [-0.4, -0.2) is 56.3 Å². The van der Waals surface area contributed by atoms with Gasteiger partial charge >= 0.3 is 0 Å². The molecule has 2 aromatic rings. The van der Waals surface area contributed by atoms with Crippen LogP contribution in [-0.2, 0) is 14.8 Å². The van der Waals surface area contributed by atoms with Crippen LogP contribution < -0.4 is 5.32 Å². The van der Waals surface area contributed by atoms with E-state index in [1.165, 1.54) is 28.6 Å². The second-order valence-electron chi connectivity index (χ2n) is 6.63. The van der Waals surface area contributed by atoms with E-state index in [9.17, 15) is 26.4 Å². The molecule has 0 spiro atoms. The van der Waals surface area contributed by atoms with Gasteiger partial charge in [0.05, 0.1) is 4.90 Å². The summed E-state index contributed by atoms with van der Waals surface area (Å²) in [6.07, 6.45) is 0.202. The molecule has 1 fully saturated rings. The topological polar surface area (TPSA) is 69.7 Å². The fourth-order valence-corrected chi connectivity index (χ4v) is 4.43. The van der Waals surface area contributed by atoms with Crippen molar-refractivity contribution in [2.75, 3.05) is 38.0 Å². The monoisotopic (exact) mass is 427 g/mol. The van der Waals surface area contributed by atoms with Gasteiger partial charge in [-0.05, 0) is 42.5 Å². The van der Waals surface area contributed by atoms with Crippen LogP contribution in [0.15, 0.2) is 47.4 Å². The van der Waals surface area contributed by atoms with E-state index < -0.39 is 21.7 Å². The quantitative estimate of drug-likeness (QED) is 0.769. The van der Waals surface area contributed by atoms with Gasteiger partial charge in [-0.25, -0.2) is 21.6 Å². The molecule has 3 rings (SSSR count). The average Bonchev–Trinajstić information content (AvgIpc) is 2.70. The molecule has 0 bridgehead atoms. The van der Waals surface area contributed by atoms with Crippen LogP contribution in [0.5, 0.6) is 0 Å². The summed E-state index contributed by atoms with van der Waals surface area (Å²) in [7, 11) is -3.91. The van der Waals surface area contributed by atoms with Gasteiger partial charge in [-0.15, -0.1) is 0 Å². The third-order valence-electron chi connectivity index (χ3n) is 4.64. The number of carbonyl (C=O) groups excluding carboxylic acids is 1. The molecule has 0 saturated carbocycles. The van der Waals surface area contributed by atoms with Crippen molar-refractivity contribution in [3.63, 3.8) is 0 Å². The minimum Gasteiger partial charge on any atom is -0.326 e. The van der Waals surface area contributed by atoms with E-state index in [0.29, 0.717) is 31.4 Å².